The molecular formula is C10H18N4OS. The Morgan fingerprint density at radius 1 is 1.62 bits per heavy atom. The van der Waals surface area contributed by atoms with Crippen LogP contribution in [0, 0.1) is 0 Å². The Labute approximate surface area is 99.8 Å². The molecule has 0 radical (unpaired) electrons. The van der Waals surface area contributed by atoms with E-state index in [4.69, 9.17) is 5.73 Å². The molecule has 1 aromatic heterocycles. The lowest BCUT2D eigenvalue weighted by Crippen LogP contribution is -2.32. The number of aromatic nitrogens is 1. The standard InChI is InChI=1S/C10H18N4OS/c1-5-14(6(2)3)10-7(9(15)12-4)8(11)13-16-10/h6H,5H2,1-4H3,(H2,11,13)(H,12,15). The Balaban J connectivity index is 3.18. The van der Waals surface area contributed by atoms with Crippen LogP contribution in [0.15, 0.2) is 0 Å². The number of nitrogens with zero attached hydrogens (tertiary/aromatic N) is 2. The predicted octanol–water partition coefficient (Wildman–Crippen LogP) is 1.32. The van der Waals surface area contributed by atoms with Gasteiger partial charge < -0.3 is 16.0 Å². The van der Waals surface area contributed by atoms with E-state index in [2.05, 4.69) is 28.4 Å². The highest BCUT2D eigenvalue weighted by Crippen LogP contribution is 2.31. The third-order valence-electron chi connectivity index (χ3n) is 2.38. The van der Waals surface area contributed by atoms with Crippen molar-refractivity contribution in [2.75, 3.05) is 24.2 Å². The fraction of sp³-hybridized carbons (Fsp3) is 0.600. The molecule has 3 N–H and O–H groups in total. The van der Waals surface area contributed by atoms with Gasteiger partial charge in [-0.25, -0.2) is 0 Å². The summed E-state index contributed by atoms with van der Waals surface area (Å²) >= 11 is 1.27. The Kier molecular flexibility index (Phi) is 4.12. The average molecular weight is 242 g/mol. The Hall–Kier alpha value is -1.30. The monoisotopic (exact) mass is 242 g/mol. The zero-order valence-electron chi connectivity index (χ0n) is 10.1. The van der Waals surface area contributed by atoms with Crippen LogP contribution in [0.1, 0.15) is 31.1 Å². The first kappa shape index (κ1) is 12.8. The molecule has 0 aliphatic heterocycles. The van der Waals surface area contributed by atoms with Crippen molar-refractivity contribution in [2.45, 2.75) is 26.8 Å². The van der Waals surface area contributed by atoms with Crippen molar-refractivity contribution < 1.29 is 4.79 Å². The largest absolute Gasteiger partial charge is 0.382 e. The molecule has 0 atom stereocenters. The lowest BCUT2D eigenvalue weighted by molar-refractivity contribution is 0.0964. The van der Waals surface area contributed by atoms with E-state index < -0.39 is 0 Å². The van der Waals surface area contributed by atoms with Crippen LogP contribution < -0.4 is 16.0 Å². The Morgan fingerprint density at radius 3 is 2.69 bits per heavy atom. The molecule has 0 saturated carbocycles. The highest BCUT2D eigenvalue weighted by atomic mass is 32.1. The summed E-state index contributed by atoms with van der Waals surface area (Å²) in [6.07, 6.45) is 0. The summed E-state index contributed by atoms with van der Waals surface area (Å²) in [4.78, 5) is 13.8. The van der Waals surface area contributed by atoms with Crippen LogP contribution in [-0.2, 0) is 0 Å². The van der Waals surface area contributed by atoms with Crippen LogP contribution in [0.2, 0.25) is 0 Å². The molecular weight excluding hydrogens is 224 g/mol. The van der Waals surface area contributed by atoms with Gasteiger partial charge >= 0.3 is 0 Å². The number of rotatable bonds is 4. The normalized spacial score (nSPS) is 10.6. The van der Waals surface area contributed by atoms with Crippen LogP contribution in [0.5, 0.6) is 0 Å². The summed E-state index contributed by atoms with van der Waals surface area (Å²) in [6, 6.07) is 0.313. The summed E-state index contributed by atoms with van der Waals surface area (Å²) in [7, 11) is 1.59. The molecule has 1 aromatic rings. The zero-order valence-corrected chi connectivity index (χ0v) is 10.9. The van der Waals surface area contributed by atoms with Gasteiger partial charge in [0.1, 0.15) is 10.6 Å². The van der Waals surface area contributed by atoms with E-state index in [-0.39, 0.29) is 5.91 Å². The van der Waals surface area contributed by atoms with Crippen molar-refractivity contribution in [2.24, 2.45) is 0 Å². The minimum absolute atomic E-state index is 0.180. The second-order valence-electron chi connectivity index (χ2n) is 3.71. The summed E-state index contributed by atoms with van der Waals surface area (Å²) < 4.78 is 4.05. The molecule has 90 valence electrons. The maximum Gasteiger partial charge on any atom is 0.257 e. The quantitative estimate of drug-likeness (QED) is 0.835. The first-order chi connectivity index (χ1) is 7.52. The number of hydrogen-bond acceptors (Lipinski definition) is 5. The first-order valence-electron chi connectivity index (χ1n) is 5.26. The van der Waals surface area contributed by atoms with Gasteiger partial charge in [-0.05, 0) is 32.3 Å². The van der Waals surface area contributed by atoms with Crippen molar-refractivity contribution in [1.29, 1.82) is 0 Å². The molecule has 5 nitrogen and oxygen atoms in total. The van der Waals surface area contributed by atoms with Gasteiger partial charge in [-0.15, -0.1) is 0 Å². The molecule has 16 heavy (non-hydrogen) atoms. The van der Waals surface area contributed by atoms with Crippen LogP contribution in [-0.4, -0.2) is 29.9 Å². The van der Waals surface area contributed by atoms with E-state index in [1.54, 1.807) is 7.05 Å². The number of amides is 1. The van der Waals surface area contributed by atoms with Crippen molar-refractivity contribution in [3.8, 4) is 0 Å². The van der Waals surface area contributed by atoms with E-state index in [1.165, 1.54) is 11.5 Å². The van der Waals surface area contributed by atoms with Crippen LogP contribution in [0.3, 0.4) is 0 Å². The van der Waals surface area contributed by atoms with Gasteiger partial charge in [-0.2, -0.15) is 4.37 Å². The van der Waals surface area contributed by atoms with E-state index in [9.17, 15) is 4.79 Å². The van der Waals surface area contributed by atoms with Crippen molar-refractivity contribution in [3.05, 3.63) is 5.56 Å². The molecule has 0 aromatic carbocycles. The SMILES string of the molecule is CCN(c1snc(N)c1C(=O)NC)C(C)C. The number of carbonyl (C=O) groups excluding carboxylic acids is 1. The number of nitrogens with two attached hydrogens (primary N) is 1. The van der Waals surface area contributed by atoms with Gasteiger partial charge in [-0.1, -0.05) is 0 Å². The topological polar surface area (TPSA) is 71.2 Å². The van der Waals surface area contributed by atoms with E-state index in [1.807, 2.05) is 6.92 Å². The van der Waals surface area contributed by atoms with Crippen molar-refractivity contribution >= 4 is 28.3 Å². The maximum absolute atomic E-state index is 11.7. The molecule has 0 unspecified atom stereocenters. The molecule has 0 bridgehead atoms. The molecule has 0 saturated heterocycles. The van der Waals surface area contributed by atoms with Crippen molar-refractivity contribution in [3.63, 3.8) is 0 Å². The van der Waals surface area contributed by atoms with Crippen LogP contribution in [0.4, 0.5) is 10.8 Å². The number of carbonyl (C=O) groups is 1. The number of anilines is 2. The van der Waals surface area contributed by atoms with Crippen LogP contribution in [0.25, 0.3) is 0 Å². The molecule has 0 spiro atoms. The van der Waals surface area contributed by atoms with E-state index >= 15 is 0 Å². The summed E-state index contributed by atoms with van der Waals surface area (Å²) in [5, 5.41) is 3.43. The van der Waals surface area contributed by atoms with Crippen molar-refractivity contribution in [1.82, 2.24) is 9.69 Å². The predicted molar refractivity (Wildman–Crippen MR) is 68.1 cm³/mol. The van der Waals surface area contributed by atoms with Gasteiger partial charge in [0.25, 0.3) is 5.91 Å². The Bertz CT molecular complexity index is 375. The van der Waals surface area contributed by atoms with E-state index in [0.717, 1.165) is 11.5 Å². The number of hydrogen-bond donors (Lipinski definition) is 2. The smallest absolute Gasteiger partial charge is 0.257 e. The Morgan fingerprint density at radius 2 is 2.25 bits per heavy atom. The average Bonchev–Trinajstić information content (AvgIpc) is 2.60. The third-order valence-corrected chi connectivity index (χ3v) is 3.28. The fourth-order valence-corrected chi connectivity index (χ4v) is 2.58. The van der Waals surface area contributed by atoms with E-state index in [0.29, 0.717) is 17.4 Å². The third kappa shape index (κ3) is 2.27. The molecule has 1 rings (SSSR count). The fourth-order valence-electron chi connectivity index (χ4n) is 1.57. The molecule has 0 fully saturated rings. The highest BCUT2D eigenvalue weighted by molar-refractivity contribution is 7.11. The second-order valence-corrected chi connectivity index (χ2v) is 4.46. The maximum atomic E-state index is 11.7. The molecule has 1 heterocycles. The lowest BCUT2D eigenvalue weighted by atomic mass is 10.2. The van der Waals surface area contributed by atoms with Crippen LogP contribution >= 0.6 is 11.5 Å². The minimum atomic E-state index is -0.180. The summed E-state index contributed by atoms with van der Waals surface area (Å²) in [5.41, 5.74) is 6.21. The minimum Gasteiger partial charge on any atom is -0.382 e. The number of nitrogens with one attached hydrogen (secondary N) is 1. The van der Waals surface area contributed by atoms with Gasteiger partial charge in [0.15, 0.2) is 5.82 Å². The number of nitrogen functional groups attached to an aromatic ring is 1. The zero-order chi connectivity index (χ0) is 12.3. The van der Waals surface area contributed by atoms with Gasteiger partial charge in [0.05, 0.1) is 0 Å². The van der Waals surface area contributed by atoms with Gasteiger partial charge in [-0.3, -0.25) is 4.79 Å². The van der Waals surface area contributed by atoms with Gasteiger partial charge in [0.2, 0.25) is 0 Å². The molecule has 6 heteroatoms. The summed E-state index contributed by atoms with van der Waals surface area (Å²) in [5.74, 6) is 0.124. The lowest BCUT2D eigenvalue weighted by Gasteiger charge is -2.26. The molecule has 0 aliphatic rings. The molecule has 1 amide bonds. The van der Waals surface area contributed by atoms with Gasteiger partial charge in [0, 0.05) is 19.6 Å². The highest BCUT2D eigenvalue weighted by Gasteiger charge is 2.23. The molecule has 0 aliphatic carbocycles. The second kappa shape index (κ2) is 5.16. The first-order valence-corrected chi connectivity index (χ1v) is 6.04. The summed E-state index contributed by atoms with van der Waals surface area (Å²) in [6.45, 7) is 7.02.